The summed E-state index contributed by atoms with van der Waals surface area (Å²) in [4.78, 5) is 7.95. The minimum Gasteiger partial charge on any atom is -0.264 e. The van der Waals surface area contributed by atoms with Crippen molar-refractivity contribution in [2.24, 2.45) is 0 Å². The first-order valence-corrected chi connectivity index (χ1v) is 4.65. The zero-order valence-corrected chi connectivity index (χ0v) is 8.44. The van der Waals surface area contributed by atoms with E-state index in [4.69, 9.17) is 16.9 Å². The summed E-state index contributed by atoms with van der Waals surface area (Å²) >= 11 is 5.87. The molecule has 0 fully saturated rings. The lowest BCUT2D eigenvalue weighted by Crippen LogP contribution is -1.86. The van der Waals surface area contributed by atoms with Crippen molar-refractivity contribution in [1.29, 1.82) is 5.26 Å². The van der Waals surface area contributed by atoms with Crippen LogP contribution < -0.4 is 0 Å². The average molecular weight is 216 g/mol. The van der Waals surface area contributed by atoms with Crippen LogP contribution in [0.4, 0.5) is 0 Å². The summed E-state index contributed by atoms with van der Waals surface area (Å²) in [5.41, 5.74) is 2.02. The van der Waals surface area contributed by atoms with E-state index < -0.39 is 0 Å². The largest absolute Gasteiger partial charge is 0.264 e. The quantitative estimate of drug-likeness (QED) is 0.735. The third-order valence-corrected chi connectivity index (χ3v) is 2.23. The van der Waals surface area contributed by atoms with Gasteiger partial charge in [-0.15, -0.1) is 0 Å². The molecule has 3 nitrogen and oxygen atoms in total. The average Bonchev–Trinajstić information content (AvgIpc) is 2.30. The van der Waals surface area contributed by atoms with Gasteiger partial charge in [-0.2, -0.15) is 5.26 Å². The molecule has 2 heterocycles. The molecule has 0 spiro atoms. The van der Waals surface area contributed by atoms with Gasteiger partial charge in [0, 0.05) is 29.7 Å². The highest BCUT2D eigenvalue weighted by atomic mass is 35.5. The van der Waals surface area contributed by atoms with Gasteiger partial charge >= 0.3 is 0 Å². The Labute approximate surface area is 92.0 Å². The molecule has 15 heavy (non-hydrogen) atoms. The van der Waals surface area contributed by atoms with E-state index in [0.717, 1.165) is 11.1 Å². The monoisotopic (exact) mass is 215 g/mol. The standard InChI is InChI=1S/C11H6ClN3/c12-10-4-9(7-15-11(10)5-13)8-2-1-3-14-6-8/h1-4,6-7H. The van der Waals surface area contributed by atoms with Crippen LogP contribution in [0.5, 0.6) is 0 Å². The smallest absolute Gasteiger partial charge is 0.159 e. The Balaban J connectivity index is 2.49. The Morgan fingerprint density at radius 2 is 2.13 bits per heavy atom. The molecule has 0 amide bonds. The van der Waals surface area contributed by atoms with Crippen molar-refractivity contribution in [1.82, 2.24) is 9.97 Å². The van der Waals surface area contributed by atoms with Gasteiger partial charge in [-0.05, 0) is 12.1 Å². The third kappa shape index (κ3) is 1.95. The molecule has 0 aliphatic rings. The molecule has 0 unspecified atom stereocenters. The molecule has 2 aromatic rings. The number of pyridine rings is 2. The lowest BCUT2D eigenvalue weighted by molar-refractivity contribution is 1.26. The number of hydrogen-bond donors (Lipinski definition) is 0. The van der Waals surface area contributed by atoms with Gasteiger partial charge < -0.3 is 0 Å². The molecule has 0 saturated heterocycles. The van der Waals surface area contributed by atoms with Crippen molar-refractivity contribution in [3.8, 4) is 17.2 Å². The molecule has 4 heteroatoms. The fourth-order valence-electron chi connectivity index (χ4n) is 1.21. The predicted octanol–water partition coefficient (Wildman–Crippen LogP) is 2.67. The SMILES string of the molecule is N#Cc1ncc(-c2cccnc2)cc1Cl. The maximum absolute atomic E-state index is 8.67. The zero-order valence-electron chi connectivity index (χ0n) is 7.68. The Morgan fingerprint density at radius 3 is 2.73 bits per heavy atom. The summed E-state index contributed by atoms with van der Waals surface area (Å²) in [5.74, 6) is 0. The molecule has 0 N–H and O–H groups in total. The minimum absolute atomic E-state index is 0.240. The summed E-state index contributed by atoms with van der Waals surface area (Å²) < 4.78 is 0. The van der Waals surface area contributed by atoms with Crippen molar-refractivity contribution in [3.05, 3.63) is 47.5 Å². The van der Waals surface area contributed by atoms with E-state index in [1.54, 1.807) is 24.7 Å². The van der Waals surface area contributed by atoms with Crippen LogP contribution in [0.15, 0.2) is 36.8 Å². The molecule has 0 atom stereocenters. The number of nitrogens with zero attached hydrogens (tertiary/aromatic N) is 3. The summed E-state index contributed by atoms with van der Waals surface area (Å²) in [7, 11) is 0. The molecule has 0 saturated carbocycles. The highest BCUT2D eigenvalue weighted by molar-refractivity contribution is 6.31. The summed E-state index contributed by atoms with van der Waals surface area (Å²) in [6, 6.07) is 7.37. The number of rotatable bonds is 1. The van der Waals surface area contributed by atoms with Crippen molar-refractivity contribution in [2.45, 2.75) is 0 Å². The van der Waals surface area contributed by atoms with Crippen LogP contribution in [0.2, 0.25) is 5.02 Å². The fourth-order valence-corrected chi connectivity index (χ4v) is 1.42. The molecule has 0 radical (unpaired) electrons. The molecular weight excluding hydrogens is 210 g/mol. The minimum atomic E-state index is 0.240. The first kappa shape index (κ1) is 9.63. The van der Waals surface area contributed by atoms with E-state index in [-0.39, 0.29) is 5.69 Å². The topological polar surface area (TPSA) is 49.6 Å². The summed E-state index contributed by atoms with van der Waals surface area (Å²) in [5, 5.41) is 9.03. The van der Waals surface area contributed by atoms with Gasteiger partial charge in [-0.1, -0.05) is 17.7 Å². The highest BCUT2D eigenvalue weighted by Gasteiger charge is 2.03. The predicted molar refractivity (Wildman–Crippen MR) is 57.2 cm³/mol. The number of hydrogen-bond acceptors (Lipinski definition) is 3. The first-order chi connectivity index (χ1) is 7.31. The summed E-state index contributed by atoms with van der Waals surface area (Å²) in [6.45, 7) is 0. The Kier molecular flexibility index (Phi) is 2.61. The first-order valence-electron chi connectivity index (χ1n) is 4.27. The van der Waals surface area contributed by atoms with Gasteiger partial charge in [0.1, 0.15) is 6.07 Å². The van der Waals surface area contributed by atoms with Gasteiger partial charge in [-0.3, -0.25) is 4.98 Å². The number of halogens is 1. The van der Waals surface area contributed by atoms with Gasteiger partial charge in [0.05, 0.1) is 5.02 Å². The second kappa shape index (κ2) is 4.07. The fraction of sp³-hybridized carbons (Fsp3) is 0. The maximum atomic E-state index is 8.67. The zero-order chi connectivity index (χ0) is 10.7. The van der Waals surface area contributed by atoms with E-state index >= 15 is 0 Å². The molecular formula is C11H6ClN3. The lowest BCUT2D eigenvalue weighted by atomic mass is 10.1. The van der Waals surface area contributed by atoms with E-state index in [2.05, 4.69) is 9.97 Å². The van der Waals surface area contributed by atoms with Gasteiger partial charge in [0.2, 0.25) is 0 Å². The third-order valence-electron chi connectivity index (χ3n) is 1.94. The second-order valence-corrected chi connectivity index (χ2v) is 3.32. The summed E-state index contributed by atoms with van der Waals surface area (Å²) in [6.07, 6.45) is 5.03. The highest BCUT2D eigenvalue weighted by Crippen LogP contribution is 2.22. The van der Waals surface area contributed by atoms with Gasteiger partial charge in [0.25, 0.3) is 0 Å². The normalized spacial score (nSPS) is 9.60. The second-order valence-electron chi connectivity index (χ2n) is 2.91. The molecule has 0 bridgehead atoms. The van der Waals surface area contributed by atoms with Crippen molar-refractivity contribution in [2.75, 3.05) is 0 Å². The number of aromatic nitrogens is 2. The van der Waals surface area contributed by atoms with Crippen LogP contribution in [0.1, 0.15) is 5.69 Å². The van der Waals surface area contributed by atoms with E-state index in [1.165, 1.54) is 0 Å². The number of nitriles is 1. The Morgan fingerprint density at radius 1 is 1.27 bits per heavy atom. The van der Waals surface area contributed by atoms with Crippen molar-refractivity contribution < 1.29 is 0 Å². The van der Waals surface area contributed by atoms with Crippen LogP contribution in [-0.4, -0.2) is 9.97 Å². The van der Waals surface area contributed by atoms with Crippen molar-refractivity contribution >= 4 is 11.6 Å². The van der Waals surface area contributed by atoms with Gasteiger partial charge in [0.15, 0.2) is 5.69 Å². The molecule has 0 aliphatic heterocycles. The molecule has 2 rings (SSSR count). The lowest BCUT2D eigenvalue weighted by Gasteiger charge is -2.01. The maximum Gasteiger partial charge on any atom is 0.159 e. The van der Waals surface area contributed by atoms with Crippen LogP contribution in [0, 0.1) is 11.3 Å². The van der Waals surface area contributed by atoms with Crippen LogP contribution in [0.25, 0.3) is 11.1 Å². The molecule has 0 aromatic carbocycles. The van der Waals surface area contributed by atoms with E-state index in [1.807, 2.05) is 18.2 Å². The van der Waals surface area contributed by atoms with Gasteiger partial charge in [-0.25, -0.2) is 4.98 Å². The van der Waals surface area contributed by atoms with Crippen molar-refractivity contribution in [3.63, 3.8) is 0 Å². The van der Waals surface area contributed by atoms with Crippen LogP contribution >= 0.6 is 11.6 Å². The van der Waals surface area contributed by atoms with Crippen LogP contribution in [0.3, 0.4) is 0 Å². The Hall–Kier alpha value is -1.92. The van der Waals surface area contributed by atoms with E-state index in [0.29, 0.717) is 5.02 Å². The van der Waals surface area contributed by atoms with Crippen LogP contribution in [-0.2, 0) is 0 Å². The van der Waals surface area contributed by atoms with E-state index in [9.17, 15) is 0 Å². The molecule has 72 valence electrons. The molecule has 2 aromatic heterocycles. The molecule has 0 aliphatic carbocycles. The Bertz CT molecular complexity index is 517.